The Kier molecular flexibility index (Phi) is 7.66. The summed E-state index contributed by atoms with van der Waals surface area (Å²) in [6.45, 7) is 6.93. The number of aryl methyl sites for hydroxylation is 2. The van der Waals surface area contributed by atoms with E-state index in [-0.39, 0.29) is 11.7 Å². The number of anilines is 4. The molecule has 0 saturated carbocycles. The lowest BCUT2D eigenvalue weighted by atomic mass is 10.1. The molecular weight excluding hydrogens is 531 g/mol. The molecule has 0 atom stereocenters. The van der Waals surface area contributed by atoms with Crippen LogP contribution in [-0.4, -0.2) is 46.7 Å². The van der Waals surface area contributed by atoms with Gasteiger partial charge in [-0.25, -0.2) is 14.4 Å². The highest BCUT2D eigenvalue weighted by Gasteiger charge is 2.16. The van der Waals surface area contributed by atoms with Crippen LogP contribution < -0.4 is 15.5 Å². The summed E-state index contributed by atoms with van der Waals surface area (Å²) in [4.78, 5) is 24.7. The molecule has 2 N–H and O–H groups in total. The van der Waals surface area contributed by atoms with Gasteiger partial charge in [-0.2, -0.15) is 0 Å². The molecule has 212 valence electrons. The lowest BCUT2D eigenvalue weighted by Crippen LogP contribution is -2.36. The number of halogens is 1. The van der Waals surface area contributed by atoms with E-state index in [4.69, 9.17) is 4.74 Å². The van der Waals surface area contributed by atoms with E-state index >= 15 is 0 Å². The van der Waals surface area contributed by atoms with E-state index in [1.807, 2.05) is 31.3 Å². The van der Waals surface area contributed by atoms with Crippen molar-refractivity contribution in [2.45, 2.75) is 13.8 Å². The third-order valence-electron chi connectivity index (χ3n) is 7.22. The van der Waals surface area contributed by atoms with Crippen LogP contribution in [0, 0.1) is 19.7 Å². The van der Waals surface area contributed by atoms with Gasteiger partial charge in [0.15, 0.2) is 0 Å². The molecule has 0 radical (unpaired) electrons. The molecule has 1 aliphatic heterocycles. The summed E-state index contributed by atoms with van der Waals surface area (Å²) < 4.78 is 21.0. The highest BCUT2D eigenvalue weighted by Crippen LogP contribution is 2.28. The Morgan fingerprint density at radius 3 is 2.48 bits per heavy atom. The predicted octanol–water partition coefficient (Wildman–Crippen LogP) is 6.52. The number of benzene rings is 3. The Morgan fingerprint density at radius 1 is 0.929 bits per heavy atom. The number of carbonyl (C=O) groups is 1. The van der Waals surface area contributed by atoms with Gasteiger partial charge in [-0.3, -0.25) is 4.79 Å². The van der Waals surface area contributed by atoms with Crippen molar-refractivity contribution in [2.24, 2.45) is 0 Å². The van der Waals surface area contributed by atoms with Gasteiger partial charge in [0, 0.05) is 65.6 Å². The highest BCUT2D eigenvalue weighted by atomic mass is 19.1. The Balaban J connectivity index is 1.25. The summed E-state index contributed by atoms with van der Waals surface area (Å²) in [7, 11) is 0. The van der Waals surface area contributed by atoms with Crippen molar-refractivity contribution in [1.82, 2.24) is 14.5 Å². The molecule has 3 heterocycles. The quantitative estimate of drug-likeness (QED) is 0.235. The summed E-state index contributed by atoms with van der Waals surface area (Å²) in [6.07, 6.45) is 5.73. The Morgan fingerprint density at radius 2 is 1.71 bits per heavy atom. The van der Waals surface area contributed by atoms with Crippen LogP contribution in [0.4, 0.5) is 27.4 Å². The Hall–Kier alpha value is -5.02. The number of hydrogen-bond acceptors (Lipinski definition) is 6. The zero-order valence-electron chi connectivity index (χ0n) is 23.5. The normalized spacial score (nSPS) is 13.2. The molecule has 2 aromatic heterocycles. The summed E-state index contributed by atoms with van der Waals surface area (Å²) in [5.41, 5.74) is 7.43. The number of aromatic nitrogens is 3. The number of morpholine rings is 1. The zero-order chi connectivity index (χ0) is 29.1. The lowest BCUT2D eigenvalue weighted by molar-refractivity contribution is 0.102. The smallest absolute Gasteiger partial charge is 0.255 e. The fraction of sp³-hybridized carbons (Fsp3) is 0.182. The van der Waals surface area contributed by atoms with E-state index in [1.165, 1.54) is 12.1 Å². The number of nitrogens with one attached hydrogen (secondary N) is 2. The molecule has 3 aromatic carbocycles. The third-order valence-corrected chi connectivity index (χ3v) is 7.22. The molecular formula is C33H31FN6O2. The van der Waals surface area contributed by atoms with Crippen LogP contribution in [-0.2, 0) is 4.74 Å². The molecule has 0 spiro atoms. The standard InChI is InChI=1S/C33H31FN6O2/c1-22-10-12-40(21-22)29-19-27(18-28(20-29)39-13-15-42-16-14-39)36-32(41)25-4-3-23(2)31(17-25)38-33-35-11-9-30(37-33)24-5-7-26(34)8-6-24/h3-12,17-21H,13-16H2,1-2H3,(H,36,41)(H,35,37,38). The first-order valence-corrected chi connectivity index (χ1v) is 13.8. The zero-order valence-corrected chi connectivity index (χ0v) is 23.5. The van der Waals surface area contributed by atoms with Crippen molar-refractivity contribution >= 4 is 28.9 Å². The summed E-state index contributed by atoms with van der Waals surface area (Å²) in [5.74, 6) is -0.157. The van der Waals surface area contributed by atoms with Crippen LogP contribution >= 0.6 is 0 Å². The Labute approximate surface area is 243 Å². The molecule has 0 bridgehead atoms. The SMILES string of the molecule is Cc1ccn(-c2cc(NC(=O)c3ccc(C)c(Nc4nccc(-c5ccc(F)cc5)n4)c3)cc(N3CCOCC3)c2)c1. The van der Waals surface area contributed by atoms with Crippen molar-refractivity contribution < 1.29 is 13.9 Å². The topological polar surface area (TPSA) is 84.3 Å². The molecule has 1 amide bonds. The molecule has 8 nitrogen and oxygen atoms in total. The number of hydrogen-bond donors (Lipinski definition) is 2. The number of nitrogens with zero attached hydrogens (tertiary/aromatic N) is 4. The number of ether oxygens (including phenoxy) is 1. The maximum atomic E-state index is 13.5. The van der Waals surface area contributed by atoms with E-state index in [0.717, 1.165) is 41.2 Å². The van der Waals surface area contributed by atoms with E-state index in [1.54, 1.807) is 36.5 Å². The van der Waals surface area contributed by atoms with Crippen LogP contribution in [0.25, 0.3) is 16.9 Å². The molecule has 1 aliphatic rings. The molecule has 5 aromatic rings. The van der Waals surface area contributed by atoms with Crippen molar-refractivity contribution in [1.29, 1.82) is 0 Å². The lowest BCUT2D eigenvalue weighted by Gasteiger charge is -2.29. The van der Waals surface area contributed by atoms with Gasteiger partial charge < -0.3 is 24.8 Å². The first kappa shape index (κ1) is 27.2. The third kappa shape index (κ3) is 6.16. The van der Waals surface area contributed by atoms with E-state index < -0.39 is 0 Å². The molecule has 0 aliphatic carbocycles. The second kappa shape index (κ2) is 11.8. The van der Waals surface area contributed by atoms with Gasteiger partial charge in [0.05, 0.1) is 18.9 Å². The molecule has 1 saturated heterocycles. The molecule has 6 rings (SSSR count). The number of carbonyl (C=O) groups excluding carboxylic acids is 1. The molecule has 1 fully saturated rings. The number of amides is 1. The van der Waals surface area contributed by atoms with Gasteiger partial charge in [0.1, 0.15) is 5.82 Å². The second-order valence-electron chi connectivity index (χ2n) is 10.3. The van der Waals surface area contributed by atoms with Gasteiger partial charge in [0.25, 0.3) is 5.91 Å². The van der Waals surface area contributed by atoms with Crippen molar-refractivity contribution in [2.75, 3.05) is 41.8 Å². The fourth-order valence-corrected chi connectivity index (χ4v) is 4.91. The van der Waals surface area contributed by atoms with E-state index in [9.17, 15) is 9.18 Å². The van der Waals surface area contributed by atoms with Gasteiger partial charge in [0.2, 0.25) is 5.95 Å². The highest BCUT2D eigenvalue weighted by molar-refractivity contribution is 6.05. The minimum Gasteiger partial charge on any atom is -0.378 e. The van der Waals surface area contributed by atoms with Gasteiger partial charge in [-0.1, -0.05) is 6.07 Å². The molecule has 0 unspecified atom stereocenters. The predicted molar refractivity (Wildman–Crippen MR) is 163 cm³/mol. The summed E-state index contributed by atoms with van der Waals surface area (Å²) >= 11 is 0. The largest absolute Gasteiger partial charge is 0.378 e. The van der Waals surface area contributed by atoms with Gasteiger partial charge in [-0.15, -0.1) is 0 Å². The second-order valence-corrected chi connectivity index (χ2v) is 10.3. The average molecular weight is 563 g/mol. The first-order valence-electron chi connectivity index (χ1n) is 13.8. The van der Waals surface area contributed by atoms with E-state index in [0.29, 0.717) is 41.8 Å². The number of rotatable bonds is 7. The van der Waals surface area contributed by atoms with Crippen molar-refractivity contribution in [3.8, 4) is 16.9 Å². The minimum absolute atomic E-state index is 0.229. The van der Waals surface area contributed by atoms with Crippen LogP contribution in [0.2, 0.25) is 0 Å². The summed E-state index contributed by atoms with van der Waals surface area (Å²) in [5, 5.41) is 6.34. The van der Waals surface area contributed by atoms with Gasteiger partial charge in [-0.05, 0) is 91.7 Å². The van der Waals surface area contributed by atoms with Crippen LogP contribution in [0.5, 0.6) is 0 Å². The molecule has 42 heavy (non-hydrogen) atoms. The minimum atomic E-state index is -0.305. The maximum Gasteiger partial charge on any atom is 0.255 e. The van der Waals surface area contributed by atoms with E-state index in [2.05, 4.69) is 55.3 Å². The van der Waals surface area contributed by atoms with Crippen LogP contribution in [0.3, 0.4) is 0 Å². The van der Waals surface area contributed by atoms with Crippen molar-refractivity contribution in [3.63, 3.8) is 0 Å². The van der Waals surface area contributed by atoms with Crippen LogP contribution in [0.15, 0.2) is 91.4 Å². The average Bonchev–Trinajstić information content (AvgIpc) is 3.45. The fourth-order valence-electron chi connectivity index (χ4n) is 4.91. The van der Waals surface area contributed by atoms with Crippen molar-refractivity contribution in [3.05, 3.63) is 114 Å². The first-order chi connectivity index (χ1) is 20.4. The monoisotopic (exact) mass is 562 g/mol. The summed E-state index contributed by atoms with van der Waals surface area (Å²) in [6, 6.07) is 21.6. The maximum absolute atomic E-state index is 13.5. The van der Waals surface area contributed by atoms with Crippen LogP contribution in [0.1, 0.15) is 21.5 Å². The molecule has 9 heteroatoms. The van der Waals surface area contributed by atoms with Gasteiger partial charge >= 0.3 is 0 Å². The Bertz CT molecular complexity index is 1730.